The van der Waals surface area contributed by atoms with Gasteiger partial charge >= 0.3 is 0 Å². The van der Waals surface area contributed by atoms with Crippen LogP contribution in [0.15, 0.2) is 58.8 Å². The van der Waals surface area contributed by atoms with Gasteiger partial charge in [-0.05, 0) is 29.8 Å². The van der Waals surface area contributed by atoms with Crippen molar-refractivity contribution < 1.29 is 9.90 Å². The Hall–Kier alpha value is -2.84. The van der Waals surface area contributed by atoms with Gasteiger partial charge in [0.15, 0.2) is 11.0 Å². The predicted molar refractivity (Wildman–Crippen MR) is 106 cm³/mol. The highest BCUT2D eigenvalue weighted by atomic mass is 35.5. The zero-order valence-electron chi connectivity index (χ0n) is 14.3. The van der Waals surface area contributed by atoms with E-state index in [-0.39, 0.29) is 17.4 Å². The molecule has 9 heteroatoms. The topological polar surface area (TPSA) is 92.4 Å². The van der Waals surface area contributed by atoms with Gasteiger partial charge in [-0.15, -0.1) is 10.2 Å². The number of rotatable bonds is 6. The molecule has 0 aliphatic heterocycles. The molecule has 0 aliphatic carbocycles. The van der Waals surface area contributed by atoms with Crippen LogP contribution in [0.4, 0.5) is 0 Å². The Kier molecular flexibility index (Phi) is 6.10. The molecule has 2 N–H and O–H groups in total. The van der Waals surface area contributed by atoms with E-state index in [9.17, 15) is 9.90 Å². The molecule has 27 heavy (non-hydrogen) atoms. The Labute approximate surface area is 165 Å². The van der Waals surface area contributed by atoms with Crippen LogP contribution in [0, 0.1) is 0 Å². The van der Waals surface area contributed by atoms with E-state index >= 15 is 0 Å². The second kappa shape index (κ2) is 8.70. The maximum Gasteiger partial charge on any atom is 0.250 e. The fourth-order valence-electron chi connectivity index (χ4n) is 2.27. The number of halogens is 1. The van der Waals surface area contributed by atoms with E-state index in [1.807, 2.05) is 25.2 Å². The van der Waals surface area contributed by atoms with Crippen molar-refractivity contribution in [2.24, 2.45) is 12.1 Å². The Morgan fingerprint density at radius 2 is 2.11 bits per heavy atom. The summed E-state index contributed by atoms with van der Waals surface area (Å²) in [4.78, 5) is 11.9. The van der Waals surface area contributed by atoms with Gasteiger partial charge in [0.2, 0.25) is 0 Å². The minimum atomic E-state index is -0.274. The van der Waals surface area contributed by atoms with Gasteiger partial charge in [0.1, 0.15) is 5.75 Å². The van der Waals surface area contributed by atoms with Crippen LogP contribution in [0.25, 0.3) is 11.4 Å². The van der Waals surface area contributed by atoms with Crippen molar-refractivity contribution in [2.45, 2.75) is 5.16 Å². The first-order chi connectivity index (χ1) is 13.0. The molecule has 1 aromatic heterocycles. The van der Waals surface area contributed by atoms with E-state index in [4.69, 9.17) is 11.6 Å². The van der Waals surface area contributed by atoms with Crippen molar-refractivity contribution in [1.82, 2.24) is 20.2 Å². The molecule has 2 aromatic carbocycles. The van der Waals surface area contributed by atoms with Crippen molar-refractivity contribution in [1.29, 1.82) is 0 Å². The average molecular weight is 402 g/mol. The lowest BCUT2D eigenvalue weighted by atomic mass is 10.2. The highest BCUT2D eigenvalue weighted by molar-refractivity contribution is 7.99. The van der Waals surface area contributed by atoms with Crippen LogP contribution >= 0.6 is 23.4 Å². The Morgan fingerprint density at radius 1 is 1.30 bits per heavy atom. The fourth-order valence-corrected chi connectivity index (χ4v) is 3.16. The van der Waals surface area contributed by atoms with Crippen molar-refractivity contribution in [3.63, 3.8) is 0 Å². The summed E-state index contributed by atoms with van der Waals surface area (Å²) in [5, 5.41) is 22.8. The van der Waals surface area contributed by atoms with Gasteiger partial charge < -0.3 is 9.67 Å². The van der Waals surface area contributed by atoms with E-state index in [2.05, 4.69) is 20.7 Å². The molecule has 0 fully saturated rings. The van der Waals surface area contributed by atoms with Crippen molar-refractivity contribution in [2.75, 3.05) is 5.75 Å². The summed E-state index contributed by atoms with van der Waals surface area (Å²) in [6, 6.07) is 13.9. The fraction of sp³-hybridized carbons (Fsp3) is 0.111. The smallest absolute Gasteiger partial charge is 0.250 e. The summed E-state index contributed by atoms with van der Waals surface area (Å²) >= 11 is 7.27. The molecule has 0 saturated carbocycles. The number of phenolic OH excluding ortho intramolecular Hbond substituents is 1. The maximum atomic E-state index is 11.9. The van der Waals surface area contributed by atoms with Crippen LogP contribution < -0.4 is 5.43 Å². The monoisotopic (exact) mass is 401 g/mol. The number of aromatic hydroxyl groups is 1. The van der Waals surface area contributed by atoms with Gasteiger partial charge in [0.25, 0.3) is 5.91 Å². The number of hydrazone groups is 1. The summed E-state index contributed by atoms with van der Waals surface area (Å²) in [6.45, 7) is 0. The largest absolute Gasteiger partial charge is 0.508 e. The van der Waals surface area contributed by atoms with E-state index in [0.717, 1.165) is 5.56 Å². The maximum absolute atomic E-state index is 11.9. The van der Waals surface area contributed by atoms with Gasteiger partial charge in [0, 0.05) is 17.6 Å². The van der Waals surface area contributed by atoms with Gasteiger partial charge in [0.05, 0.1) is 12.0 Å². The van der Waals surface area contributed by atoms with E-state index in [1.54, 1.807) is 34.9 Å². The second-order valence-corrected chi connectivity index (χ2v) is 6.93. The lowest BCUT2D eigenvalue weighted by Gasteiger charge is -2.04. The molecule has 0 radical (unpaired) electrons. The predicted octanol–water partition coefficient (Wildman–Crippen LogP) is 3.08. The lowest BCUT2D eigenvalue weighted by Crippen LogP contribution is -2.19. The molecule has 0 aliphatic rings. The number of amides is 1. The molecule has 3 rings (SSSR count). The number of carbonyl (C=O) groups is 1. The van der Waals surface area contributed by atoms with Gasteiger partial charge in [-0.3, -0.25) is 4.79 Å². The van der Waals surface area contributed by atoms with Crippen LogP contribution in [-0.4, -0.2) is 37.7 Å². The van der Waals surface area contributed by atoms with E-state index < -0.39 is 0 Å². The number of hydrogen-bond donors (Lipinski definition) is 2. The summed E-state index contributed by atoms with van der Waals surface area (Å²) in [5.41, 5.74) is 3.97. The molecule has 1 amide bonds. The van der Waals surface area contributed by atoms with Crippen molar-refractivity contribution in [3.8, 4) is 17.1 Å². The molecule has 0 spiro atoms. The molecule has 138 valence electrons. The number of benzene rings is 2. The third-order valence-electron chi connectivity index (χ3n) is 3.52. The molecule has 7 nitrogen and oxygen atoms in total. The zero-order valence-corrected chi connectivity index (χ0v) is 15.9. The van der Waals surface area contributed by atoms with Crippen molar-refractivity contribution in [3.05, 3.63) is 59.1 Å². The standard InChI is InChI=1S/C18H16ClN5O2S/c1-24-17(13-5-3-6-14(19)9-13)22-23-18(24)27-11-16(26)21-20-10-12-4-2-7-15(25)8-12/h2-10,25H,11H2,1H3,(H,21,26)/b20-10+. The first kappa shape index (κ1) is 18.9. The van der Waals surface area contributed by atoms with Crippen molar-refractivity contribution >= 4 is 35.5 Å². The number of thioether (sulfide) groups is 1. The summed E-state index contributed by atoms with van der Waals surface area (Å²) in [6.07, 6.45) is 1.46. The van der Waals surface area contributed by atoms with Gasteiger partial charge in [-0.2, -0.15) is 5.10 Å². The summed E-state index contributed by atoms with van der Waals surface area (Å²) in [5.74, 6) is 0.670. The third kappa shape index (κ3) is 5.08. The summed E-state index contributed by atoms with van der Waals surface area (Å²) in [7, 11) is 1.83. The first-order valence-corrected chi connectivity index (χ1v) is 9.28. The summed E-state index contributed by atoms with van der Waals surface area (Å²) < 4.78 is 1.81. The zero-order chi connectivity index (χ0) is 19.2. The number of aromatic nitrogens is 3. The quantitative estimate of drug-likeness (QED) is 0.376. The lowest BCUT2D eigenvalue weighted by molar-refractivity contribution is -0.118. The van der Waals surface area contributed by atoms with E-state index in [0.29, 0.717) is 21.6 Å². The molecule has 1 heterocycles. The van der Waals surface area contributed by atoms with Gasteiger partial charge in [-0.1, -0.05) is 47.6 Å². The number of phenols is 1. The molecule has 0 saturated heterocycles. The molecular formula is C18H16ClN5O2S. The average Bonchev–Trinajstić information content (AvgIpc) is 3.01. The molecule has 0 atom stereocenters. The Bertz CT molecular complexity index is 989. The van der Waals surface area contributed by atoms with E-state index in [1.165, 1.54) is 18.0 Å². The molecule has 0 unspecified atom stereocenters. The number of nitrogens with zero attached hydrogens (tertiary/aromatic N) is 4. The SMILES string of the molecule is Cn1c(SCC(=O)N/N=C/c2cccc(O)c2)nnc1-c1cccc(Cl)c1. The van der Waals surface area contributed by atoms with Gasteiger partial charge in [-0.25, -0.2) is 5.43 Å². The van der Waals surface area contributed by atoms with Crippen LogP contribution in [0.1, 0.15) is 5.56 Å². The molecule has 3 aromatic rings. The Morgan fingerprint density at radius 3 is 2.89 bits per heavy atom. The normalized spacial score (nSPS) is 11.0. The highest BCUT2D eigenvalue weighted by Gasteiger charge is 2.13. The minimum Gasteiger partial charge on any atom is -0.508 e. The van der Waals surface area contributed by atoms with Crippen LogP contribution in [0.3, 0.4) is 0 Å². The second-order valence-electron chi connectivity index (χ2n) is 5.55. The highest BCUT2D eigenvalue weighted by Crippen LogP contribution is 2.24. The van der Waals surface area contributed by atoms with Crippen LogP contribution in [0.5, 0.6) is 5.75 Å². The number of carbonyl (C=O) groups excluding carboxylic acids is 1. The molecule has 0 bridgehead atoms. The molecular weight excluding hydrogens is 386 g/mol. The van der Waals surface area contributed by atoms with Crippen LogP contribution in [-0.2, 0) is 11.8 Å². The minimum absolute atomic E-state index is 0.138. The number of nitrogens with one attached hydrogen (secondary N) is 1. The third-order valence-corrected chi connectivity index (χ3v) is 4.78. The van der Waals surface area contributed by atoms with Crippen LogP contribution in [0.2, 0.25) is 5.02 Å². The number of hydrogen-bond acceptors (Lipinski definition) is 6. The Balaban J connectivity index is 1.56. The first-order valence-electron chi connectivity index (χ1n) is 7.92.